The lowest BCUT2D eigenvalue weighted by atomic mass is 10.0. The summed E-state index contributed by atoms with van der Waals surface area (Å²) in [7, 11) is 0. The summed E-state index contributed by atoms with van der Waals surface area (Å²) in [4.78, 5) is 54.1. The highest BCUT2D eigenvalue weighted by molar-refractivity contribution is 6.45. The number of hydrogen-bond donors (Lipinski definition) is 1. The number of fused-ring (bicyclic) bond motifs is 1. The van der Waals surface area contributed by atoms with Crippen LogP contribution in [0.1, 0.15) is 27.6 Å². The maximum Gasteiger partial charge on any atom is 0.295 e. The second-order valence-corrected chi connectivity index (χ2v) is 8.32. The first-order valence-corrected chi connectivity index (χ1v) is 11.1. The van der Waals surface area contributed by atoms with E-state index in [2.05, 4.69) is 15.0 Å². The van der Waals surface area contributed by atoms with Crippen molar-refractivity contribution in [3.63, 3.8) is 0 Å². The molecule has 5 rings (SSSR count). The molecule has 34 heavy (non-hydrogen) atoms. The fourth-order valence-electron chi connectivity index (χ4n) is 4.42. The highest BCUT2D eigenvalue weighted by Crippen LogP contribution is 2.28. The molecule has 3 aromatic heterocycles. The van der Waals surface area contributed by atoms with Crippen molar-refractivity contribution in [2.75, 3.05) is 19.6 Å². The van der Waals surface area contributed by atoms with Crippen LogP contribution in [0.5, 0.6) is 0 Å². The van der Waals surface area contributed by atoms with Crippen molar-refractivity contribution in [3.05, 3.63) is 84.4 Å². The number of aromatic nitrogens is 3. The van der Waals surface area contributed by atoms with Gasteiger partial charge in [0.25, 0.3) is 17.6 Å². The van der Waals surface area contributed by atoms with Crippen LogP contribution in [0.3, 0.4) is 0 Å². The third kappa shape index (κ3) is 3.83. The molecule has 1 aliphatic rings. The van der Waals surface area contributed by atoms with E-state index in [0.717, 1.165) is 5.56 Å². The first kappa shape index (κ1) is 21.5. The molecule has 0 bridgehead atoms. The van der Waals surface area contributed by atoms with E-state index in [1.165, 1.54) is 0 Å². The van der Waals surface area contributed by atoms with Crippen LogP contribution in [0.4, 0.5) is 0 Å². The van der Waals surface area contributed by atoms with E-state index < -0.39 is 11.7 Å². The number of rotatable bonds is 4. The molecule has 0 unspecified atom stereocenters. The van der Waals surface area contributed by atoms with Crippen molar-refractivity contribution in [1.29, 1.82) is 0 Å². The SMILES string of the molecule is C[C@@H]1CN(C(=O)c2ccccc2)CCN1C(=O)C(=O)c1c[nH]c2c(-c3cccnc3)nccc12. The quantitative estimate of drug-likeness (QED) is 0.378. The number of H-pyrrole nitrogens is 1. The average molecular weight is 454 g/mol. The Kier molecular flexibility index (Phi) is 5.63. The smallest absolute Gasteiger partial charge is 0.295 e. The number of pyridine rings is 2. The molecule has 8 nitrogen and oxygen atoms in total. The van der Waals surface area contributed by atoms with Crippen LogP contribution < -0.4 is 0 Å². The highest BCUT2D eigenvalue weighted by Gasteiger charge is 2.34. The summed E-state index contributed by atoms with van der Waals surface area (Å²) in [5, 5.41) is 0.637. The number of piperazine rings is 1. The minimum absolute atomic E-state index is 0.0714. The van der Waals surface area contributed by atoms with Gasteiger partial charge in [-0.3, -0.25) is 24.4 Å². The Morgan fingerprint density at radius 3 is 2.56 bits per heavy atom. The fraction of sp³-hybridized carbons (Fsp3) is 0.192. The van der Waals surface area contributed by atoms with Gasteiger partial charge in [0.05, 0.1) is 16.8 Å². The molecular weight excluding hydrogens is 430 g/mol. The van der Waals surface area contributed by atoms with E-state index in [9.17, 15) is 14.4 Å². The molecule has 1 aliphatic heterocycles. The molecule has 0 spiro atoms. The van der Waals surface area contributed by atoms with E-state index >= 15 is 0 Å². The average Bonchev–Trinajstić information content (AvgIpc) is 3.33. The van der Waals surface area contributed by atoms with Crippen molar-refractivity contribution in [2.24, 2.45) is 0 Å². The second-order valence-electron chi connectivity index (χ2n) is 8.32. The van der Waals surface area contributed by atoms with Gasteiger partial charge in [0.1, 0.15) is 0 Å². The number of nitrogens with one attached hydrogen (secondary N) is 1. The number of amides is 2. The summed E-state index contributed by atoms with van der Waals surface area (Å²) >= 11 is 0. The van der Waals surface area contributed by atoms with E-state index in [4.69, 9.17) is 0 Å². The molecule has 4 heterocycles. The number of nitrogens with zero attached hydrogens (tertiary/aromatic N) is 4. The van der Waals surface area contributed by atoms with Crippen LogP contribution >= 0.6 is 0 Å². The first-order chi connectivity index (χ1) is 16.5. The zero-order chi connectivity index (χ0) is 23.7. The summed E-state index contributed by atoms with van der Waals surface area (Å²) < 4.78 is 0. The van der Waals surface area contributed by atoms with Gasteiger partial charge < -0.3 is 14.8 Å². The van der Waals surface area contributed by atoms with E-state index in [-0.39, 0.29) is 11.9 Å². The van der Waals surface area contributed by atoms with E-state index in [1.807, 2.05) is 37.3 Å². The van der Waals surface area contributed by atoms with Crippen LogP contribution in [0.15, 0.2) is 73.3 Å². The lowest BCUT2D eigenvalue weighted by Gasteiger charge is -2.39. The number of carbonyl (C=O) groups is 3. The van der Waals surface area contributed by atoms with Crippen molar-refractivity contribution in [2.45, 2.75) is 13.0 Å². The Balaban J connectivity index is 1.35. The van der Waals surface area contributed by atoms with Gasteiger partial charge in [-0.05, 0) is 37.3 Å². The standard InChI is InChI=1S/C26H23N5O3/c1-17-16-30(25(33)18-6-3-2-4-7-18)12-13-31(17)26(34)24(32)21-15-29-23-20(21)9-11-28-22(23)19-8-5-10-27-14-19/h2-11,14-15,17,29H,12-13,16H2,1H3/t17-/m1/s1. The molecule has 0 radical (unpaired) electrons. The molecule has 1 fully saturated rings. The molecule has 170 valence electrons. The Hall–Kier alpha value is -4.33. The highest BCUT2D eigenvalue weighted by atomic mass is 16.2. The fourth-order valence-corrected chi connectivity index (χ4v) is 4.42. The van der Waals surface area contributed by atoms with Crippen molar-refractivity contribution in [3.8, 4) is 11.3 Å². The van der Waals surface area contributed by atoms with Gasteiger partial charge in [0.2, 0.25) is 0 Å². The Morgan fingerprint density at radius 1 is 1.00 bits per heavy atom. The van der Waals surface area contributed by atoms with Crippen LogP contribution in [0, 0.1) is 0 Å². The molecular formula is C26H23N5O3. The van der Waals surface area contributed by atoms with Crippen LogP contribution in [-0.2, 0) is 4.79 Å². The zero-order valence-electron chi connectivity index (χ0n) is 18.6. The number of Topliss-reactive ketones (excluding diaryl/α,β-unsaturated/α-hetero) is 1. The summed E-state index contributed by atoms with van der Waals surface area (Å²) in [6, 6.07) is 14.2. The molecule has 1 saturated heterocycles. The molecule has 1 N–H and O–H groups in total. The monoisotopic (exact) mass is 453 g/mol. The zero-order valence-corrected chi connectivity index (χ0v) is 18.6. The van der Waals surface area contributed by atoms with Crippen LogP contribution in [-0.4, -0.2) is 68.0 Å². The molecule has 2 amide bonds. The Bertz CT molecular complexity index is 1370. The minimum atomic E-state index is -0.579. The maximum atomic E-state index is 13.2. The van der Waals surface area contributed by atoms with Gasteiger partial charge in [-0.15, -0.1) is 0 Å². The molecule has 0 saturated carbocycles. The van der Waals surface area contributed by atoms with Crippen molar-refractivity contribution in [1.82, 2.24) is 24.8 Å². The van der Waals surface area contributed by atoms with Crippen LogP contribution in [0.25, 0.3) is 22.2 Å². The van der Waals surface area contributed by atoms with E-state index in [0.29, 0.717) is 47.4 Å². The number of benzene rings is 1. The van der Waals surface area contributed by atoms with Gasteiger partial charge in [0, 0.05) is 67.0 Å². The van der Waals surface area contributed by atoms with Crippen LogP contribution in [0.2, 0.25) is 0 Å². The molecule has 1 aromatic carbocycles. The van der Waals surface area contributed by atoms with Gasteiger partial charge in [-0.2, -0.15) is 0 Å². The second kappa shape index (κ2) is 8.90. The van der Waals surface area contributed by atoms with Crippen molar-refractivity contribution < 1.29 is 14.4 Å². The Morgan fingerprint density at radius 2 is 1.82 bits per heavy atom. The predicted octanol–water partition coefficient (Wildman–Crippen LogP) is 3.18. The number of carbonyl (C=O) groups excluding carboxylic acids is 3. The molecule has 8 heteroatoms. The largest absolute Gasteiger partial charge is 0.359 e. The molecule has 0 aliphatic carbocycles. The summed E-state index contributed by atoms with van der Waals surface area (Å²) in [6.07, 6.45) is 6.57. The lowest BCUT2D eigenvalue weighted by Crippen LogP contribution is -2.56. The third-order valence-corrected chi connectivity index (χ3v) is 6.17. The van der Waals surface area contributed by atoms with E-state index in [1.54, 1.807) is 52.8 Å². The van der Waals surface area contributed by atoms with Gasteiger partial charge in [0.15, 0.2) is 0 Å². The predicted molar refractivity (Wildman–Crippen MR) is 127 cm³/mol. The first-order valence-electron chi connectivity index (χ1n) is 11.1. The topological polar surface area (TPSA) is 99.3 Å². The third-order valence-electron chi connectivity index (χ3n) is 6.17. The Labute approximate surface area is 196 Å². The lowest BCUT2D eigenvalue weighted by molar-refractivity contribution is -0.130. The van der Waals surface area contributed by atoms with Gasteiger partial charge in [-0.25, -0.2) is 0 Å². The molecule has 1 atom stereocenters. The summed E-state index contributed by atoms with van der Waals surface area (Å²) in [5.74, 6) is -1.22. The molecule has 4 aromatic rings. The maximum absolute atomic E-state index is 13.2. The number of hydrogen-bond acceptors (Lipinski definition) is 5. The van der Waals surface area contributed by atoms with Gasteiger partial charge >= 0.3 is 0 Å². The summed E-state index contributed by atoms with van der Waals surface area (Å²) in [6.45, 7) is 2.90. The van der Waals surface area contributed by atoms with Crippen molar-refractivity contribution >= 4 is 28.5 Å². The van der Waals surface area contributed by atoms with Gasteiger partial charge in [-0.1, -0.05) is 18.2 Å². The number of aromatic amines is 1. The normalized spacial score (nSPS) is 16.0. The minimum Gasteiger partial charge on any atom is -0.359 e. The summed E-state index contributed by atoms with van der Waals surface area (Å²) in [5.41, 5.74) is 3.08. The number of ketones is 1.